The van der Waals surface area contributed by atoms with Gasteiger partial charge in [0.25, 0.3) is 5.56 Å². The number of nitrogens with one attached hydrogen (secondary N) is 1. The van der Waals surface area contributed by atoms with Gasteiger partial charge in [0, 0.05) is 11.1 Å². The van der Waals surface area contributed by atoms with Crippen LogP contribution in [0, 0.1) is 6.92 Å². The van der Waals surface area contributed by atoms with Gasteiger partial charge in [-0.1, -0.05) is 19.9 Å². The number of aryl methyl sites for hydroxylation is 1. The molecule has 0 radical (unpaired) electrons. The van der Waals surface area contributed by atoms with Crippen LogP contribution >= 0.6 is 0 Å². The normalized spacial score (nSPS) is 11.2. The quantitative estimate of drug-likeness (QED) is 0.756. The summed E-state index contributed by atoms with van der Waals surface area (Å²) < 4.78 is 0. The zero-order chi connectivity index (χ0) is 11.0. The molecule has 0 amide bonds. The van der Waals surface area contributed by atoms with Gasteiger partial charge in [-0.05, 0) is 42.0 Å². The van der Waals surface area contributed by atoms with E-state index in [9.17, 15) is 4.79 Å². The molecule has 0 bridgehead atoms. The lowest BCUT2D eigenvalue weighted by Crippen LogP contribution is -2.08. The predicted octanol–water partition coefficient (Wildman–Crippen LogP) is 2.96. The van der Waals surface area contributed by atoms with Gasteiger partial charge >= 0.3 is 0 Å². The van der Waals surface area contributed by atoms with Crippen LogP contribution in [-0.4, -0.2) is 4.98 Å². The molecule has 2 rings (SSSR count). The first-order chi connectivity index (χ1) is 7.08. The van der Waals surface area contributed by atoms with Crippen LogP contribution in [0.15, 0.2) is 29.1 Å². The average Bonchev–Trinajstić information content (AvgIpc) is 2.19. The summed E-state index contributed by atoms with van der Waals surface area (Å²) >= 11 is 0. The van der Waals surface area contributed by atoms with Crippen LogP contribution in [0.5, 0.6) is 0 Å². The highest BCUT2D eigenvalue weighted by Gasteiger charge is 2.02. The largest absolute Gasteiger partial charge is 0.322 e. The Labute approximate surface area is 89.0 Å². The molecule has 0 unspecified atom stereocenters. The molecule has 0 saturated carbocycles. The topological polar surface area (TPSA) is 32.9 Å². The third kappa shape index (κ3) is 1.80. The molecule has 15 heavy (non-hydrogen) atoms. The van der Waals surface area contributed by atoms with Crippen LogP contribution in [0.4, 0.5) is 0 Å². The van der Waals surface area contributed by atoms with E-state index in [-0.39, 0.29) is 5.56 Å². The second-order valence-electron chi connectivity index (χ2n) is 4.28. The molecule has 0 aliphatic carbocycles. The van der Waals surface area contributed by atoms with E-state index < -0.39 is 0 Å². The molecule has 0 aliphatic heterocycles. The van der Waals surface area contributed by atoms with Crippen molar-refractivity contribution in [3.8, 4) is 0 Å². The molecule has 0 spiro atoms. The molecule has 1 aromatic heterocycles. The van der Waals surface area contributed by atoms with Gasteiger partial charge in [0.1, 0.15) is 0 Å². The molecule has 2 aromatic rings. The summed E-state index contributed by atoms with van der Waals surface area (Å²) in [6, 6.07) is 8.13. The van der Waals surface area contributed by atoms with Gasteiger partial charge in [-0.15, -0.1) is 0 Å². The monoisotopic (exact) mass is 201 g/mol. The highest BCUT2D eigenvalue weighted by Crippen LogP contribution is 2.19. The van der Waals surface area contributed by atoms with Crippen LogP contribution in [0.3, 0.4) is 0 Å². The summed E-state index contributed by atoms with van der Waals surface area (Å²) in [5.41, 5.74) is 2.98. The van der Waals surface area contributed by atoms with Crippen LogP contribution in [-0.2, 0) is 0 Å². The molecule has 0 fully saturated rings. The van der Waals surface area contributed by atoms with E-state index in [4.69, 9.17) is 0 Å². The van der Waals surface area contributed by atoms with Gasteiger partial charge in [-0.25, -0.2) is 0 Å². The molecule has 2 heteroatoms. The fraction of sp³-hybridized carbons (Fsp3) is 0.308. The first-order valence-corrected chi connectivity index (χ1v) is 5.21. The second kappa shape index (κ2) is 3.54. The summed E-state index contributed by atoms with van der Waals surface area (Å²) in [5, 5.41) is 1.11. The van der Waals surface area contributed by atoms with Crippen molar-refractivity contribution in [1.82, 2.24) is 4.98 Å². The van der Waals surface area contributed by atoms with Crippen LogP contribution in [0.25, 0.3) is 10.9 Å². The Hall–Kier alpha value is -1.57. The van der Waals surface area contributed by atoms with E-state index in [1.165, 1.54) is 5.56 Å². The number of benzene rings is 1. The smallest absolute Gasteiger partial charge is 0.251 e. The second-order valence-corrected chi connectivity index (χ2v) is 4.28. The Bertz CT molecular complexity index is 552. The molecule has 1 heterocycles. The van der Waals surface area contributed by atoms with Crippen molar-refractivity contribution in [2.45, 2.75) is 26.7 Å². The van der Waals surface area contributed by atoms with Gasteiger partial charge in [0.2, 0.25) is 0 Å². The molecule has 1 N–H and O–H groups in total. The standard InChI is InChI=1S/C13H15NO/c1-8(2)10-4-5-12-11(7-10)6-9(3)13(15)14-12/h4-8H,1-3H3,(H,14,15). The molecule has 0 atom stereocenters. The summed E-state index contributed by atoms with van der Waals surface area (Å²) in [5.74, 6) is 0.515. The summed E-state index contributed by atoms with van der Waals surface area (Å²) in [4.78, 5) is 14.3. The number of rotatable bonds is 1. The van der Waals surface area contributed by atoms with Gasteiger partial charge in [-0.3, -0.25) is 4.79 Å². The van der Waals surface area contributed by atoms with E-state index in [2.05, 4.69) is 31.0 Å². The molecule has 0 aliphatic rings. The van der Waals surface area contributed by atoms with Crippen molar-refractivity contribution in [2.75, 3.05) is 0 Å². The lowest BCUT2D eigenvalue weighted by molar-refractivity contribution is 0.868. The Kier molecular flexibility index (Phi) is 2.35. The van der Waals surface area contributed by atoms with E-state index in [0.29, 0.717) is 5.92 Å². The van der Waals surface area contributed by atoms with Gasteiger partial charge in [0.05, 0.1) is 0 Å². The number of aromatic amines is 1. The van der Waals surface area contributed by atoms with Crippen LogP contribution in [0.2, 0.25) is 0 Å². The fourth-order valence-electron chi connectivity index (χ4n) is 1.69. The van der Waals surface area contributed by atoms with Gasteiger partial charge < -0.3 is 4.98 Å². The number of hydrogen-bond donors (Lipinski definition) is 1. The summed E-state index contributed by atoms with van der Waals surface area (Å²) in [7, 11) is 0. The molecule has 0 saturated heterocycles. The van der Waals surface area contributed by atoms with Crippen molar-refractivity contribution in [2.24, 2.45) is 0 Å². The molecular formula is C13H15NO. The SMILES string of the molecule is Cc1cc2cc(C(C)C)ccc2[nH]c1=O. The Morgan fingerprint density at radius 3 is 2.60 bits per heavy atom. The maximum absolute atomic E-state index is 11.4. The van der Waals surface area contributed by atoms with Crippen LogP contribution in [0.1, 0.15) is 30.9 Å². The zero-order valence-corrected chi connectivity index (χ0v) is 9.29. The maximum atomic E-state index is 11.4. The Morgan fingerprint density at radius 2 is 1.93 bits per heavy atom. The first kappa shape index (κ1) is 9.97. The minimum Gasteiger partial charge on any atom is -0.322 e. The summed E-state index contributed by atoms with van der Waals surface area (Å²) in [6.07, 6.45) is 0. The maximum Gasteiger partial charge on any atom is 0.251 e. The van der Waals surface area contributed by atoms with Crippen molar-refractivity contribution < 1.29 is 0 Å². The van der Waals surface area contributed by atoms with Gasteiger partial charge in [0.15, 0.2) is 0 Å². The van der Waals surface area contributed by atoms with E-state index in [1.807, 2.05) is 19.1 Å². The first-order valence-electron chi connectivity index (χ1n) is 5.21. The number of pyridine rings is 1. The predicted molar refractivity (Wildman–Crippen MR) is 63.4 cm³/mol. The van der Waals surface area contributed by atoms with E-state index >= 15 is 0 Å². The van der Waals surface area contributed by atoms with Crippen molar-refractivity contribution >= 4 is 10.9 Å². The summed E-state index contributed by atoms with van der Waals surface area (Å²) in [6.45, 7) is 6.17. The number of hydrogen-bond acceptors (Lipinski definition) is 1. The minimum atomic E-state index is -0.000188. The van der Waals surface area contributed by atoms with Crippen molar-refractivity contribution in [3.05, 3.63) is 45.7 Å². The highest BCUT2D eigenvalue weighted by molar-refractivity contribution is 5.79. The number of aromatic nitrogens is 1. The van der Waals surface area contributed by atoms with Crippen LogP contribution < -0.4 is 5.56 Å². The lowest BCUT2D eigenvalue weighted by Gasteiger charge is -2.07. The lowest BCUT2D eigenvalue weighted by atomic mass is 10.0. The molecule has 2 nitrogen and oxygen atoms in total. The van der Waals surface area contributed by atoms with Gasteiger partial charge in [-0.2, -0.15) is 0 Å². The average molecular weight is 201 g/mol. The van der Waals surface area contributed by atoms with E-state index in [0.717, 1.165) is 16.5 Å². The van der Waals surface area contributed by atoms with E-state index in [1.54, 1.807) is 0 Å². The highest BCUT2D eigenvalue weighted by atomic mass is 16.1. The zero-order valence-electron chi connectivity index (χ0n) is 9.29. The van der Waals surface area contributed by atoms with Crippen molar-refractivity contribution in [1.29, 1.82) is 0 Å². The van der Waals surface area contributed by atoms with Crippen molar-refractivity contribution in [3.63, 3.8) is 0 Å². The number of fused-ring (bicyclic) bond motifs is 1. The fourth-order valence-corrected chi connectivity index (χ4v) is 1.69. The molecule has 78 valence electrons. The Morgan fingerprint density at radius 1 is 1.20 bits per heavy atom. The number of H-pyrrole nitrogens is 1. The minimum absolute atomic E-state index is 0.000188. The third-order valence-electron chi connectivity index (χ3n) is 2.72. The molecule has 1 aromatic carbocycles. The third-order valence-corrected chi connectivity index (χ3v) is 2.72. The molecular weight excluding hydrogens is 186 g/mol. The Balaban J connectivity index is 2.72.